The van der Waals surface area contributed by atoms with Crippen LogP contribution in [0.2, 0.25) is 0 Å². The molecule has 8 heteroatoms. The Bertz CT molecular complexity index is 706. The number of aliphatic hydroxyl groups is 1. The van der Waals surface area contributed by atoms with Gasteiger partial charge in [-0.05, 0) is 17.7 Å². The highest BCUT2D eigenvalue weighted by Crippen LogP contribution is 2.21. The number of likely N-dealkylation sites (tertiary alicyclic amines) is 1. The van der Waals surface area contributed by atoms with Gasteiger partial charge in [-0.25, -0.2) is 13.5 Å². The SMILES string of the molecule is O=C(c1cn(Cc2cccc(F)c2)nn1)N1C[C@@H](F)C[C@H]1CO. The van der Waals surface area contributed by atoms with Crippen LogP contribution >= 0.6 is 0 Å². The number of aliphatic hydroxyl groups excluding tert-OH is 1. The fourth-order valence-electron chi connectivity index (χ4n) is 2.72. The minimum absolute atomic E-state index is 0.0547. The third-order valence-electron chi connectivity index (χ3n) is 3.83. The number of hydrogen-bond acceptors (Lipinski definition) is 4. The zero-order valence-electron chi connectivity index (χ0n) is 12.3. The van der Waals surface area contributed by atoms with Gasteiger partial charge >= 0.3 is 0 Å². The molecule has 0 unspecified atom stereocenters. The number of alkyl halides is 1. The van der Waals surface area contributed by atoms with Crippen LogP contribution in [-0.2, 0) is 6.54 Å². The molecular weight excluding hydrogens is 306 g/mol. The van der Waals surface area contributed by atoms with Gasteiger partial charge in [-0.2, -0.15) is 0 Å². The molecule has 122 valence electrons. The zero-order valence-corrected chi connectivity index (χ0v) is 12.3. The van der Waals surface area contributed by atoms with Crippen LogP contribution < -0.4 is 0 Å². The molecule has 1 aliphatic heterocycles. The van der Waals surface area contributed by atoms with Gasteiger partial charge in [0.05, 0.1) is 31.9 Å². The van der Waals surface area contributed by atoms with Crippen LogP contribution in [0.25, 0.3) is 0 Å². The van der Waals surface area contributed by atoms with Gasteiger partial charge in [0.15, 0.2) is 5.69 Å². The van der Waals surface area contributed by atoms with Gasteiger partial charge in [0.25, 0.3) is 5.91 Å². The molecule has 1 saturated heterocycles. The molecule has 2 atom stereocenters. The lowest BCUT2D eigenvalue weighted by atomic mass is 10.2. The Hall–Kier alpha value is -2.35. The molecule has 0 bridgehead atoms. The van der Waals surface area contributed by atoms with E-state index in [0.29, 0.717) is 5.56 Å². The third-order valence-corrected chi connectivity index (χ3v) is 3.83. The number of halogens is 2. The quantitative estimate of drug-likeness (QED) is 0.912. The summed E-state index contributed by atoms with van der Waals surface area (Å²) in [5, 5.41) is 16.9. The average Bonchev–Trinajstić information content (AvgIpc) is 3.13. The minimum Gasteiger partial charge on any atom is -0.394 e. The topological polar surface area (TPSA) is 71.2 Å². The Morgan fingerprint density at radius 3 is 3.00 bits per heavy atom. The number of benzene rings is 1. The van der Waals surface area contributed by atoms with Gasteiger partial charge in [-0.3, -0.25) is 4.79 Å². The van der Waals surface area contributed by atoms with E-state index < -0.39 is 18.1 Å². The minimum atomic E-state index is -1.14. The highest BCUT2D eigenvalue weighted by atomic mass is 19.1. The lowest BCUT2D eigenvalue weighted by Crippen LogP contribution is -2.38. The summed E-state index contributed by atoms with van der Waals surface area (Å²) in [7, 11) is 0. The molecule has 1 fully saturated rings. The first-order valence-electron chi connectivity index (χ1n) is 7.27. The number of amides is 1. The van der Waals surface area contributed by atoms with Gasteiger partial charge in [-0.15, -0.1) is 5.10 Å². The zero-order chi connectivity index (χ0) is 16.4. The van der Waals surface area contributed by atoms with Crippen LogP contribution in [0, 0.1) is 5.82 Å². The Labute approximate surface area is 131 Å². The highest BCUT2D eigenvalue weighted by Gasteiger charge is 2.36. The van der Waals surface area contributed by atoms with E-state index in [1.165, 1.54) is 27.9 Å². The predicted molar refractivity (Wildman–Crippen MR) is 76.9 cm³/mol. The maximum Gasteiger partial charge on any atom is 0.276 e. The molecule has 0 saturated carbocycles. The number of aromatic nitrogens is 3. The third kappa shape index (κ3) is 3.37. The largest absolute Gasteiger partial charge is 0.394 e. The second-order valence-electron chi connectivity index (χ2n) is 5.56. The van der Waals surface area contributed by atoms with Gasteiger partial charge in [0.2, 0.25) is 0 Å². The summed E-state index contributed by atoms with van der Waals surface area (Å²) in [6.07, 6.45) is 0.422. The van der Waals surface area contributed by atoms with Crippen LogP contribution in [0.4, 0.5) is 8.78 Å². The number of carbonyl (C=O) groups excluding carboxylic acids is 1. The number of carbonyl (C=O) groups is 1. The van der Waals surface area contributed by atoms with Gasteiger partial charge < -0.3 is 10.0 Å². The summed E-state index contributed by atoms with van der Waals surface area (Å²) in [5.41, 5.74) is 0.765. The van der Waals surface area contributed by atoms with Crippen molar-refractivity contribution in [1.82, 2.24) is 19.9 Å². The van der Waals surface area contributed by atoms with Crippen LogP contribution in [0.1, 0.15) is 22.5 Å². The maximum absolute atomic E-state index is 13.4. The van der Waals surface area contributed by atoms with E-state index in [9.17, 15) is 18.7 Å². The maximum atomic E-state index is 13.4. The van der Waals surface area contributed by atoms with E-state index in [1.54, 1.807) is 12.1 Å². The highest BCUT2D eigenvalue weighted by molar-refractivity contribution is 5.92. The van der Waals surface area contributed by atoms with Crippen molar-refractivity contribution in [3.8, 4) is 0 Å². The molecule has 2 aromatic rings. The second kappa shape index (κ2) is 6.41. The fraction of sp³-hybridized carbons (Fsp3) is 0.400. The van der Waals surface area contributed by atoms with Crippen molar-refractivity contribution in [2.75, 3.05) is 13.2 Å². The summed E-state index contributed by atoms with van der Waals surface area (Å²) in [6.45, 7) is -0.0718. The summed E-state index contributed by atoms with van der Waals surface area (Å²) in [4.78, 5) is 13.6. The Morgan fingerprint density at radius 2 is 2.26 bits per heavy atom. The van der Waals surface area contributed by atoms with Gasteiger partial charge in [0.1, 0.15) is 12.0 Å². The van der Waals surface area contributed by atoms with Gasteiger partial charge in [-0.1, -0.05) is 17.3 Å². The lowest BCUT2D eigenvalue weighted by Gasteiger charge is -2.21. The molecule has 1 aromatic carbocycles. The van der Waals surface area contributed by atoms with E-state index >= 15 is 0 Å². The molecule has 0 spiro atoms. The van der Waals surface area contributed by atoms with Gasteiger partial charge in [0, 0.05) is 6.42 Å². The molecule has 0 aliphatic carbocycles. The fourth-order valence-corrected chi connectivity index (χ4v) is 2.72. The second-order valence-corrected chi connectivity index (χ2v) is 5.56. The van der Waals surface area contributed by atoms with Crippen molar-refractivity contribution in [3.05, 3.63) is 47.5 Å². The normalized spacial score (nSPS) is 20.9. The monoisotopic (exact) mass is 322 g/mol. The van der Waals surface area contributed by atoms with Crippen LogP contribution in [0.3, 0.4) is 0 Å². The number of hydrogen-bond donors (Lipinski definition) is 1. The Morgan fingerprint density at radius 1 is 1.43 bits per heavy atom. The van der Waals surface area contributed by atoms with Crippen molar-refractivity contribution in [2.45, 2.75) is 25.2 Å². The van der Waals surface area contributed by atoms with Crippen molar-refractivity contribution in [3.63, 3.8) is 0 Å². The molecule has 2 heterocycles. The van der Waals surface area contributed by atoms with E-state index in [1.807, 2.05) is 0 Å². The summed E-state index contributed by atoms with van der Waals surface area (Å²) < 4.78 is 28.0. The molecule has 0 radical (unpaired) electrons. The van der Waals surface area contributed by atoms with Crippen molar-refractivity contribution in [2.24, 2.45) is 0 Å². The molecule has 1 N–H and O–H groups in total. The summed E-state index contributed by atoms with van der Waals surface area (Å²) in [5.74, 6) is -0.814. The van der Waals surface area contributed by atoms with E-state index in [-0.39, 0.29) is 37.6 Å². The smallest absolute Gasteiger partial charge is 0.276 e. The first-order chi connectivity index (χ1) is 11.1. The first-order valence-corrected chi connectivity index (χ1v) is 7.27. The van der Waals surface area contributed by atoms with Crippen molar-refractivity contribution >= 4 is 5.91 Å². The van der Waals surface area contributed by atoms with Crippen LogP contribution in [-0.4, -0.2) is 56.3 Å². The summed E-state index contributed by atoms with van der Waals surface area (Å²) in [6, 6.07) is 5.51. The average molecular weight is 322 g/mol. The first kappa shape index (κ1) is 15.5. The Kier molecular flexibility index (Phi) is 4.33. The van der Waals surface area contributed by atoms with Crippen LogP contribution in [0.5, 0.6) is 0 Å². The molecule has 1 aromatic heterocycles. The standard InChI is InChI=1S/C15H16F2N4O2/c16-11-3-1-2-10(4-11)6-20-8-14(18-19-20)15(23)21-7-12(17)5-13(21)9-22/h1-4,8,12-13,22H,5-7,9H2/t12-,13-/m0/s1. The van der Waals surface area contributed by atoms with E-state index in [2.05, 4.69) is 10.3 Å². The van der Waals surface area contributed by atoms with Crippen molar-refractivity contribution in [1.29, 1.82) is 0 Å². The van der Waals surface area contributed by atoms with Crippen molar-refractivity contribution < 1.29 is 18.7 Å². The van der Waals surface area contributed by atoms with Crippen LogP contribution in [0.15, 0.2) is 30.5 Å². The molecule has 1 aliphatic rings. The molecular formula is C15H16F2N4O2. The summed E-state index contributed by atoms with van der Waals surface area (Å²) >= 11 is 0. The molecule has 1 amide bonds. The van der Waals surface area contributed by atoms with E-state index in [0.717, 1.165) is 0 Å². The predicted octanol–water partition coefficient (Wildman–Crippen LogP) is 1.01. The molecule has 3 rings (SSSR count). The Balaban J connectivity index is 1.72. The number of nitrogens with zero attached hydrogens (tertiary/aromatic N) is 4. The van der Waals surface area contributed by atoms with E-state index in [4.69, 9.17) is 0 Å². The lowest BCUT2D eigenvalue weighted by molar-refractivity contribution is 0.0667. The molecule has 23 heavy (non-hydrogen) atoms. The molecule has 6 nitrogen and oxygen atoms in total. The number of rotatable bonds is 4.